The third-order valence-corrected chi connectivity index (χ3v) is 5.13. The van der Waals surface area contributed by atoms with Crippen molar-refractivity contribution in [2.75, 3.05) is 0 Å². The summed E-state index contributed by atoms with van der Waals surface area (Å²) in [5.74, 6) is 0.581. The van der Waals surface area contributed by atoms with Crippen LogP contribution in [0.15, 0.2) is 4.79 Å². The van der Waals surface area contributed by atoms with E-state index in [0.29, 0.717) is 10.5 Å². The number of aromatic amines is 1. The lowest BCUT2D eigenvalue weighted by molar-refractivity contribution is 0.857. The molecule has 7 heteroatoms. The van der Waals surface area contributed by atoms with Crippen molar-refractivity contribution < 1.29 is 0 Å². The first-order valence-electron chi connectivity index (χ1n) is 5.79. The summed E-state index contributed by atoms with van der Waals surface area (Å²) < 4.78 is 3.99. The molecule has 0 saturated heterocycles. The number of nitrogens with zero attached hydrogens (tertiary/aromatic N) is 3. The van der Waals surface area contributed by atoms with Gasteiger partial charge in [0.1, 0.15) is 4.83 Å². The standard InChI is InChI=1S/C11H10N4OS2/c1-14-8(16)7-5-3-2-4-6(5)18-9(7)15-10(14)12-13-11(15)17/h2-4H2,1H3,(H,13,17). The maximum atomic E-state index is 12.4. The molecule has 18 heavy (non-hydrogen) atoms. The Balaban J connectivity index is 2.41. The second kappa shape index (κ2) is 3.30. The first-order chi connectivity index (χ1) is 8.68. The molecule has 5 nitrogen and oxygen atoms in total. The summed E-state index contributed by atoms with van der Waals surface area (Å²) in [6.07, 6.45) is 3.22. The molecule has 0 atom stereocenters. The largest absolute Gasteiger partial charge is 0.279 e. The van der Waals surface area contributed by atoms with Crippen molar-refractivity contribution in [3.05, 3.63) is 25.6 Å². The molecule has 0 radical (unpaired) electrons. The third kappa shape index (κ3) is 1.08. The predicted octanol–water partition coefficient (Wildman–Crippen LogP) is 1.79. The molecule has 0 aliphatic heterocycles. The van der Waals surface area contributed by atoms with E-state index < -0.39 is 0 Å². The average Bonchev–Trinajstić information content (AvgIpc) is 2.98. The second-order valence-electron chi connectivity index (χ2n) is 4.57. The Morgan fingerprint density at radius 3 is 3.11 bits per heavy atom. The van der Waals surface area contributed by atoms with E-state index in [2.05, 4.69) is 10.2 Å². The van der Waals surface area contributed by atoms with Crippen LogP contribution in [0.4, 0.5) is 0 Å². The molecule has 0 bridgehead atoms. The Bertz CT molecular complexity index is 911. The molecule has 92 valence electrons. The van der Waals surface area contributed by atoms with Gasteiger partial charge in [-0.05, 0) is 37.0 Å². The van der Waals surface area contributed by atoms with E-state index in [1.807, 2.05) is 4.40 Å². The van der Waals surface area contributed by atoms with Crippen LogP contribution in [0.5, 0.6) is 0 Å². The summed E-state index contributed by atoms with van der Waals surface area (Å²) in [5, 5.41) is 7.72. The molecule has 0 fully saturated rings. The highest BCUT2D eigenvalue weighted by Crippen LogP contribution is 2.35. The number of hydrogen-bond acceptors (Lipinski definition) is 4. The summed E-state index contributed by atoms with van der Waals surface area (Å²) in [6.45, 7) is 0. The van der Waals surface area contributed by atoms with Crippen molar-refractivity contribution in [3.8, 4) is 0 Å². The highest BCUT2D eigenvalue weighted by Gasteiger charge is 2.23. The fourth-order valence-corrected chi connectivity index (χ4v) is 4.38. The zero-order chi connectivity index (χ0) is 12.4. The summed E-state index contributed by atoms with van der Waals surface area (Å²) in [6, 6.07) is 0. The van der Waals surface area contributed by atoms with Gasteiger partial charge in [-0.1, -0.05) is 0 Å². The number of aromatic nitrogens is 4. The number of nitrogens with one attached hydrogen (secondary N) is 1. The van der Waals surface area contributed by atoms with Crippen molar-refractivity contribution in [3.63, 3.8) is 0 Å². The molecule has 0 spiro atoms. The van der Waals surface area contributed by atoms with E-state index in [0.717, 1.165) is 29.5 Å². The highest BCUT2D eigenvalue weighted by molar-refractivity contribution is 7.71. The highest BCUT2D eigenvalue weighted by atomic mass is 32.1. The zero-order valence-electron chi connectivity index (χ0n) is 9.69. The van der Waals surface area contributed by atoms with E-state index >= 15 is 0 Å². The topological polar surface area (TPSA) is 55.1 Å². The van der Waals surface area contributed by atoms with Crippen molar-refractivity contribution >= 4 is 39.5 Å². The lowest BCUT2D eigenvalue weighted by atomic mass is 10.2. The van der Waals surface area contributed by atoms with Crippen LogP contribution in [-0.4, -0.2) is 19.2 Å². The van der Waals surface area contributed by atoms with Gasteiger partial charge in [0, 0.05) is 11.9 Å². The molecule has 3 aromatic rings. The van der Waals surface area contributed by atoms with Crippen LogP contribution in [0.3, 0.4) is 0 Å². The molecule has 0 aromatic carbocycles. The molecular formula is C11H10N4OS2. The summed E-state index contributed by atoms with van der Waals surface area (Å²) in [7, 11) is 1.74. The summed E-state index contributed by atoms with van der Waals surface area (Å²) in [4.78, 5) is 14.7. The van der Waals surface area contributed by atoms with E-state index in [1.54, 1.807) is 23.0 Å². The SMILES string of the molecule is Cn1c(=O)c2c3c(sc2n2c(=S)[nH]nc12)CCC3. The number of fused-ring (bicyclic) bond motifs is 5. The van der Waals surface area contributed by atoms with Crippen LogP contribution >= 0.6 is 23.6 Å². The lowest BCUT2D eigenvalue weighted by Gasteiger charge is -2.02. The first-order valence-corrected chi connectivity index (χ1v) is 7.01. The molecule has 3 heterocycles. The van der Waals surface area contributed by atoms with Gasteiger partial charge in [-0.15, -0.1) is 16.4 Å². The molecule has 0 saturated carbocycles. The van der Waals surface area contributed by atoms with E-state index in [4.69, 9.17) is 12.2 Å². The van der Waals surface area contributed by atoms with Crippen molar-refractivity contribution in [1.29, 1.82) is 0 Å². The van der Waals surface area contributed by atoms with E-state index in [-0.39, 0.29) is 5.56 Å². The molecule has 4 rings (SSSR count). The monoisotopic (exact) mass is 278 g/mol. The van der Waals surface area contributed by atoms with Gasteiger partial charge >= 0.3 is 0 Å². The van der Waals surface area contributed by atoms with Crippen molar-refractivity contribution in [2.45, 2.75) is 19.3 Å². The van der Waals surface area contributed by atoms with Crippen LogP contribution in [-0.2, 0) is 19.9 Å². The number of hydrogen-bond donors (Lipinski definition) is 1. The van der Waals surface area contributed by atoms with Crippen LogP contribution in [0.1, 0.15) is 16.9 Å². The maximum absolute atomic E-state index is 12.4. The minimum Gasteiger partial charge on any atom is -0.279 e. The van der Waals surface area contributed by atoms with Crippen LogP contribution in [0, 0.1) is 4.77 Å². The first kappa shape index (κ1) is 10.5. The van der Waals surface area contributed by atoms with Gasteiger partial charge in [0.2, 0.25) is 10.5 Å². The van der Waals surface area contributed by atoms with Gasteiger partial charge in [-0.25, -0.2) is 9.50 Å². The van der Waals surface area contributed by atoms with E-state index in [1.165, 1.54) is 10.4 Å². The van der Waals surface area contributed by atoms with Gasteiger partial charge in [-0.3, -0.25) is 9.36 Å². The number of H-pyrrole nitrogens is 1. The van der Waals surface area contributed by atoms with Gasteiger partial charge < -0.3 is 0 Å². The smallest absolute Gasteiger partial charge is 0.263 e. The lowest BCUT2D eigenvalue weighted by Crippen LogP contribution is -2.20. The van der Waals surface area contributed by atoms with Gasteiger partial charge in [0.05, 0.1) is 5.39 Å². The summed E-state index contributed by atoms with van der Waals surface area (Å²) in [5.41, 5.74) is 1.26. The fourth-order valence-electron chi connectivity index (χ4n) is 2.72. The van der Waals surface area contributed by atoms with Gasteiger partial charge in [0.25, 0.3) is 5.56 Å². The molecule has 1 aliphatic carbocycles. The molecule has 1 N–H and O–H groups in total. The Morgan fingerprint density at radius 2 is 2.28 bits per heavy atom. The van der Waals surface area contributed by atoms with Gasteiger partial charge in [-0.2, -0.15) is 0 Å². The molecule has 1 aliphatic rings. The average molecular weight is 278 g/mol. The number of rotatable bonds is 0. The maximum Gasteiger partial charge on any atom is 0.263 e. The molecule has 0 amide bonds. The molecular weight excluding hydrogens is 268 g/mol. The van der Waals surface area contributed by atoms with Gasteiger partial charge in [0.15, 0.2) is 0 Å². The summed E-state index contributed by atoms with van der Waals surface area (Å²) >= 11 is 6.94. The molecule has 0 unspecified atom stereocenters. The van der Waals surface area contributed by atoms with Crippen LogP contribution < -0.4 is 5.56 Å². The number of aryl methyl sites for hydroxylation is 3. The minimum absolute atomic E-state index is 0.0332. The Morgan fingerprint density at radius 1 is 1.44 bits per heavy atom. The van der Waals surface area contributed by atoms with Crippen molar-refractivity contribution in [2.24, 2.45) is 7.05 Å². The zero-order valence-corrected chi connectivity index (χ0v) is 11.3. The quantitative estimate of drug-likeness (QED) is 0.638. The predicted molar refractivity (Wildman–Crippen MR) is 73.0 cm³/mol. The Kier molecular flexibility index (Phi) is 1.92. The number of thiophene rings is 1. The van der Waals surface area contributed by atoms with E-state index in [9.17, 15) is 4.79 Å². The van der Waals surface area contributed by atoms with Crippen molar-refractivity contribution in [1.82, 2.24) is 19.2 Å². The Labute approximate surface area is 111 Å². The molecule has 3 aromatic heterocycles. The van der Waals surface area contributed by atoms with Crippen LogP contribution in [0.25, 0.3) is 16.0 Å². The fraction of sp³-hybridized carbons (Fsp3) is 0.364. The third-order valence-electron chi connectivity index (χ3n) is 3.58. The van der Waals surface area contributed by atoms with Crippen LogP contribution in [0.2, 0.25) is 0 Å². The Hall–Kier alpha value is -1.47. The second-order valence-corrected chi connectivity index (χ2v) is 6.04. The normalized spacial score (nSPS) is 14.7. The minimum atomic E-state index is 0.0332.